The number of carboxylic acid groups (broad SMARTS) is 1. The van der Waals surface area contributed by atoms with Crippen molar-refractivity contribution in [2.24, 2.45) is 0 Å². The van der Waals surface area contributed by atoms with E-state index < -0.39 is 12.0 Å². The third-order valence-electron chi connectivity index (χ3n) is 4.19. The van der Waals surface area contributed by atoms with E-state index in [-0.39, 0.29) is 6.03 Å². The van der Waals surface area contributed by atoms with E-state index in [1.54, 1.807) is 48.2 Å². The lowest BCUT2D eigenvalue weighted by Crippen LogP contribution is -2.33. The molecular formula is C17H25N3O4. The molecule has 1 aliphatic rings. The van der Waals surface area contributed by atoms with Gasteiger partial charge in [0.1, 0.15) is 6.04 Å². The summed E-state index contributed by atoms with van der Waals surface area (Å²) >= 11 is 0. The third-order valence-corrected chi connectivity index (χ3v) is 4.19. The van der Waals surface area contributed by atoms with Gasteiger partial charge < -0.3 is 20.1 Å². The van der Waals surface area contributed by atoms with Gasteiger partial charge in [-0.25, -0.2) is 4.79 Å². The second-order valence-electron chi connectivity index (χ2n) is 5.96. The predicted octanol–water partition coefficient (Wildman–Crippen LogP) is 2.02. The number of nitrogens with one attached hydrogen (secondary N) is 1. The summed E-state index contributed by atoms with van der Waals surface area (Å²) in [5.41, 5.74) is 1.33. The summed E-state index contributed by atoms with van der Waals surface area (Å²) in [5.74, 6) is -0.914. The molecule has 7 heteroatoms. The number of ether oxygens (including phenoxy) is 1. The Bertz CT molecular complexity index is 555. The Kier molecular flexibility index (Phi) is 6.57. The maximum Gasteiger partial charge on any atom is 0.325 e. The van der Waals surface area contributed by atoms with E-state index in [0.717, 1.165) is 25.9 Å². The summed E-state index contributed by atoms with van der Waals surface area (Å²) in [6, 6.07) is 6.10. The van der Waals surface area contributed by atoms with Gasteiger partial charge in [-0.2, -0.15) is 0 Å². The number of hydrogen-bond donors (Lipinski definition) is 2. The first-order valence-electron chi connectivity index (χ1n) is 8.11. The van der Waals surface area contributed by atoms with Gasteiger partial charge in [-0.1, -0.05) is 12.1 Å². The lowest BCUT2D eigenvalue weighted by Gasteiger charge is -2.25. The Morgan fingerprint density at radius 3 is 2.46 bits per heavy atom. The Morgan fingerprint density at radius 2 is 1.92 bits per heavy atom. The third kappa shape index (κ3) is 4.69. The van der Waals surface area contributed by atoms with E-state index in [1.807, 2.05) is 0 Å². The first kappa shape index (κ1) is 18.2. The minimum absolute atomic E-state index is 0.104. The molecule has 1 aliphatic heterocycles. The summed E-state index contributed by atoms with van der Waals surface area (Å²) in [6.45, 7) is 2.55. The molecule has 0 spiro atoms. The van der Waals surface area contributed by atoms with E-state index in [4.69, 9.17) is 4.74 Å². The van der Waals surface area contributed by atoms with Crippen molar-refractivity contribution in [2.45, 2.75) is 18.9 Å². The topological polar surface area (TPSA) is 82.1 Å². The first-order valence-corrected chi connectivity index (χ1v) is 8.11. The van der Waals surface area contributed by atoms with Crippen LogP contribution < -0.4 is 5.32 Å². The number of nitrogens with zero attached hydrogens (tertiary/aromatic N) is 2. The highest BCUT2D eigenvalue weighted by Crippen LogP contribution is 2.22. The summed E-state index contributed by atoms with van der Waals surface area (Å²) < 4.78 is 5.00. The van der Waals surface area contributed by atoms with E-state index in [1.165, 1.54) is 0 Å². The van der Waals surface area contributed by atoms with Crippen LogP contribution in [-0.2, 0) is 9.53 Å². The highest BCUT2D eigenvalue weighted by atomic mass is 16.5. The molecule has 1 heterocycles. The Hall–Kier alpha value is -2.12. The van der Waals surface area contributed by atoms with Crippen LogP contribution in [0.2, 0.25) is 0 Å². The van der Waals surface area contributed by atoms with Crippen molar-refractivity contribution in [3.05, 3.63) is 29.8 Å². The highest BCUT2D eigenvalue weighted by molar-refractivity contribution is 5.89. The van der Waals surface area contributed by atoms with E-state index in [0.29, 0.717) is 24.4 Å². The Labute approximate surface area is 142 Å². The number of carbonyl (C=O) groups is 2. The van der Waals surface area contributed by atoms with Crippen molar-refractivity contribution >= 4 is 17.7 Å². The highest BCUT2D eigenvalue weighted by Gasteiger charge is 2.24. The molecule has 1 aromatic carbocycles. The molecular weight excluding hydrogens is 310 g/mol. The number of likely N-dealkylation sites (N-methyl/N-ethyl adjacent to an activating group) is 1. The number of urea groups is 1. The number of benzene rings is 1. The van der Waals surface area contributed by atoms with Gasteiger partial charge in [0.15, 0.2) is 0 Å². The van der Waals surface area contributed by atoms with E-state index in [2.05, 4.69) is 5.32 Å². The lowest BCUT2D eigenvalue weighted by molar-refractivity contribution is -0.143. The minimum Gasteiger partial charge on any atom is -0.480 e. The van der Waals surface area contributed by atoms with Crippen molar-refractivity contribution < 1.29 is 19.4 Å². The average Bonchev–Trinajstić information content (AvgIpc) is 3.09. The van der Waals surface area contributed by atoms with Gasteiger partial charge in [0.05, 0.1) is 6.61 Å². The number of aliphatic carboxylic acids is 1. The molecule has 7 nitrogen and oxygen atoms in total. The van der Waals surface area contributed by atoms with Crippen LogP contribution in [0.4, 0.5) is 10.5 Å². The summed E-state index contributed by atoms with van der Waals surface area (Å²) in [4.78, 5) is 27.2. The number of rotatable bonds is 7. The molecule has 0 saturated carbocycles. The van der Waals surface area contributed by atoms with Gasteiger partial charge in [0, 0.05) is 32.4 Å². The van der Waals surface area contributed by atoms with Crippen LogP contribution in [0, 0.1) is 0 Å². The van der Waals surface area contributed by atoms with Gasteiger partial charge >= 0.3 is 12.0 Å². The second kappa shape index (κ2) is 8.65. The number of anilines is 1. The molecule has 0 aromatic heterocycles. The van der Waals surface area contributed by atoms with Crippen molar-refractivity contribution in [1.82, 2.24) is 9.80 Å². The van der Waals surface area contributed by atoms with Crippen molar-refractivity contribution in [2.75, 3.05) is 45.7 Å². The number of methoxy groups -OCH3 is 1. The van der Waals surface area contributed by atoms with Gasteiger partial charge in [0.25, 0.3) is 0 Å². The second-order valence-corrected chi connectivity index (χ2v) is 5.96. The standard InChI is InChI=1S/C17H25N3O4/c1-19(11-12-24-2)15(16(21)22)13-5-7-14(8-6-13)18-17(23)20-9-3-4-10-20/h5-8,15H,3-4,9-12H2,1-2H3,(H,18,23)(H,21,22). The zero-order valence-electron chi connectivity index (χ0n) is 14.2. The summed E-state index contributed by atoms with van der Waals surface area (Å²) in [6.07, 6.45) is 2.08. The molecule has 132 valence electrons. The summed E-state index contributed by atoms with van der Waals surface area (Å²) in [7, 11) is 3.34. The fourth-order valence-electron chi connectivity index (χ4n) is 2.82. The van der Waals surface area contributed by atoms with Gasteiger partial charge in [-0.15, -0.1) is 0 Å². The zero-order valence-corrected chi connectivity index (χ0v) is 14.2. The molecule has 1 atom stereocenters. The number of hydrogen-bond acceptors (Lipinski definition) is 4. The molecule has 24 heavy (non-hydrogen) atoms. The largest absolute Gasteiger partial charge is 0.480 e. The lowest BCUT2D eigenvalue weighted by atomic mass is 10.1. The smallest absolute Gasteiger partial charge is 0.325 e. The van der Waals surface area contributed by atoms with Crippen LogP contribution in [0.25, 0.3) is 0 Å². The molecule has 0 bridgehead atoms. The van der Waals surface area contributed by atoms with Crippen LogP contribution in [0.3, 0.4) is 0 Å². The molecule has 1 fully saturated rings. The molecule has 1 aromatic rings. The molecule has 2 N–H and O–H groups in total. The van der Waals surface area contributed by atoms with Crippen LogP contribution >= 0.6 is 0 Å². The number of amides is 2. The van der Waals surface area contributed by atoms with Crippen molar-refractivity contribution in [3.63, 3.8) is 0 Å². The van der Waals surface area contributed by atoms with Gasteiger partial charge in [-0.05, 0) is 37.6 Å². The number of likely N-dealkylation sites (tertiary alicyclic amines) is 1. The Morgan fingerprint density at radius 1 is 1.29 bits per heavy atom. The zero-order chi connectivity index (χ0) is 17.5. The van der Waals surface area contributed by atoms with Gasteiger partial charge in [-0.3, -0.25) is 9.69 Å². The van der Waals surface area contributed by atoms with Crippen LogP contribution in [0.5, 0.6) is 0 Å². The molecule has 2 amide bonds. The monoisotopic (exact) mass is 335 g/mol. The normalized spacial score (nSPS) is 15.5. The van der Waals surface area contributed by atoms with Crippen LogP contribution in [0.1, 0.15) is 24.4 Å². The maximum absolute atomic E-state index is 12.1. The average molecular weight is 335 g/mol. The summed E-state index contributed by atoms with van der Waals surface area (Å²) in [5, 5.41) is 12.3. The molecule has 1 saturated heterocycles. The first-order chi connectivity index (χ1) is 11.5. The fraction of sp³-hybridized carbons (Fsp3) is 0.529. The molecule has 2 rings (SSSR count). The number of carboxylic acids is 1. The maximum atomic E-state index is 12.1. The fourth-order valence-corrected chi connectivity index (χ4v) is 2.82. The van der Waals surface area contributed by atoms with Crippen LogP contribution in [-0.4, -0.2) is 67.3 Å². The van der Waals surface area contributed by atoms with Crippen molar-refractivity contribution in [3.8, 4) is 0 Å². The minimum atomic E-state index is -0.914. The number of carbonyl (C=O) groups excluding carboxylic acids is 1. The quantitative estimate of drug-likeness (QED) is 0.797. The van der Waals surface area contributed by atoms with Crippen molar-refractivity contribution in [1.29, 1.82) is 0 Å². The molecule has 0 radical (unpaired) electrons. The Balaban J connectivity index is 2.02. The predicted molar refractivity (Wildman–Crippen MR) is 91.2 cm³/mol. The SMILES string of the molecule is COCCN(C)C(C(=O)O)c1ccc(NC(=O)N2CCCC2)cc1. The van der Waals surface area contributed by atoms with Crippen LogP contribution in [0.15, 0.2) is 24.3 Å². The molecule has 0 aliphatic carbocycles. The molecule has 1 unspecified atom stereocenters. The van der Waals surface area contributed by atoms with Gasteiger partial charge in [0.2, 0.25) is 0 Å². The van der Waals surface area contributed by atoms with E-state index in [9.17, 15) is 14.7 Å². The van der Waals surface area contributed by atoms with E-state index >= 15 is 0 Å².